The lowest BCUT2D eigenvalue weighted by atomic mass is 10.1. The minimum atomic E-state index is -0.714. The Morgan fingerprint density at radius 3 is 2.56 bits per heavy atom. The van der Waals surface area contributed by atoms with Crippen molar-refractivity contribution >= 4 is 11.8 Å². The number of hydrogen-bond donors (Lipinski definition) is 2. The molecule has 130 valence electrons. The molecular weight excluding hydrogens is 316 g/mol. The number of hydrogen-bond acceptors (Lipinski definition) is 4. The molecule has 0 bridgehead atoms. The Bertz CT molecular complexity index is 715. The summed E-state index contributed by atoms with van der Waals surface area (Å²) >= 11 is 0. The number of nitrogens with zero attached hydrogens (tertiary/aromatic N) is 2. The van der Waals surface area contributed by atoms with Gasteiger partial charge in [0.1, 0.15) is 11.7 Å². The molecule has 6 heteroatoms. The highest BCUT2D eigenvalue weighted by Gasteiger charge is 2.21. The van der Waals surface area contributed by atoms with Crippen molar-refractivity contribution in [2.45, 2.75) is 26.3 Å². The monoisotopic (exact) mass is 338 g/mol. The predicted molar refractivity (Wildman–Crippen MR) is 95.6 cm³/mol. The minimum absolute atomic E-state index is 0.172. The normalized spacial score (nSPS) is 12.1. The van der Waals surface area contributed by atoms with Gasteiger partial charge in [-0.1, -0.05) is 50.3 Å². The fraction of sp³-hybridized carbons (Fsp3) is 0.263. The zero-order valence-corrected chi connectivity index (χ0v) is 14.3. The number of nitrogens with one attached hydrogen (secondary N) is 2. The van der Waals surface area contributed by atoms with Crippen molar-refractivity contribution in [3.8, 4) is 0 Å². The molecule has 1 aromatic heterocycles. The minimum Gasteiger partial charge on any atom is -0.338 e. The number of benzene rings is 1. The fourth-order valence-electron chi connectivity index (χ4n) is 2.13. The lowest BCUT2D eigenvalue weighted by Crippen LogP contribution is -2.47. The zero-order valence-electron chi connectivity index (χ0n) is 14.3. The molecular formula is C19H22N4O2. The summed E-state index contributed by atoms with van der Waals surface area (Å²) in [5.74, 6) is -0.392. The van der Waals surface area contributed by atoms with E-state index in [1.165, 1.54) is 18.6 Å². The van der Waals surface area contributed by atoms with Crippen LogP contribution in [-0.2, 0) is 11.2 Å². The lowest BCUT2D eigenvalue weighted by molar-refractivity contribution is -0.122. The molecule has 2 N–H and O–H groups in total. The van der Waals surface area contributed by atoms with Crippen molar-refractivity contribution in [2.24, 2.45) is 5.92 Å². The molecule has 0 aliphatic rings. The number of allylic oxidation sites excluding steroid dienone is 1. The SMILES string of the molecule is CC(C)/C=C/NC(=O)[C@H](Cc1ccccc1)NC(=O)c1cnccn1. The summed E-state index contributed by atoms with van der Waals surface area (Å²) < 4.78 is 0. The van der Waals surface area contributed by atoms with Gasteiger partial charge in [-0.3, -0.25) is 14.6 Å². The van der Waals surface area contributed by atoms with Crippen LogP contribution in [0.4, 0.5) is 0 Å². The van der Waals surface area contributed by atoms with Crippen LogP contribution in [0.5, 0.6) is 0 Å². The molecule has 0 unspecified atom stereocenters. The molecule has 1 aromatic carbocycles. The van der Waals surface area contributed by atoms with Gasteiger partial charge in [-0.25, -0.2) is 4.98 Å². The molecule has 2 rings (SSSR count). The number of amides is 2. The quantitative estimate of drug-likeness (QED) is 0.810. The summed E-state index contributed by atoms with van der Waals surface area (Å²) in [6.07, 6.45) is 8.16. The van der Waals surface area contributed by atoms with Gasteiger partial charge >= 0.3 is 0 Å². The summed E-state index contributed by atoms with van der Waals surface area (Å²) in [4.78, 5) is 32.6. The van der Waals surface area contributed by atoms with Crippen LogP contribution >= 0.6 is 0 Å². The Balaban J connectivity index is 2.10. The molecule has 0 saturated carbocycles. The van der Waals surface area contributed by atoms with Crippen LogP contribution in [0.1, 0.15) is 29.9 Å². The van der Waals surface area contributed by atoms with E-state index >= 15 is 0 Å². The second-order valence-corrected chi connectivity index (χ2v) is 5.92. The Labute approximate surface area is 147 Å². The molecule has 2 amide bonds. The van der Waals surface area contributed by atoms with Gasteiger partial charge in [0.15, 0.2) is 0 Å². The number of rotatable bonds is 7. The van der Waals surface area contributed by atoms with Gasteiger partial charge in [-0.2, -0.15) is 0 Å². The average molecular weight is 338 g/mol. The van der Waals surface area contributed by atoms with Crippen LogP contribution in [0.15, 0.2) is 61.2 Å². The molecule has 0 fully saturated rings. The van der Waals surface area contributed by atoms with Crippen LogP contribution in [0.25, 0.3) is 0 Å². The molecule has 2 aromatic rings. The number of aromatic nitrogens is 2. The molecule has 0 saturated heterocycles. The lowest BCUT2D eigenvalue weighted by Gasteiger charge is -2.17. The van der Waals surface area contributed by atoms with E-state index in [-0.39, 0.29) is 11.6 Å². The summed E-state index contributed by atoms with van der Waals surface area (Å²) in [5.41, 5.74) is 1.13. The van der Waals surface area contributed by atoms with Gasteiger partial charge in [-0.15, -0.1) is 0 Å². The molecule has 25 heavy (non-hydrogen) atoms. The summed E-state index contributed by atoms with van der Waals surface area (Å²) in [6.45, 7) is 4.03. The van der Waals surface area contributed by atoms with E-state index in [9.17, 15) is 9.59 Å². The van der Waals surface area contributed by atoms with Gasteiger partial charge < -0.3 is 10.6 Å². The first-order chi connectivity index (χ1) is 12.1. The Morgan fingerprint density at radius 2 is 1.92 bits per heavy atom. The number of carbonyl (C=O) groups is 2. The highest BCUT2D eigenvalue weighted by Crippen LogP contribution is 2.05. The van der Waals surface area contributed by atoms with Gasteiger partial charge in [0.25, 0.3) is 5.91 Å². The maximum absolute atomic E-state index is 12.5. The first-order valence-electron chi connectivity index (χ1n) is 8.14. The van der Waals surface area contributed by atoms with Crippen LogP contribution in [0.2, 0.25) is 0 Å². The summed E-state index contributed by atoms with van der Waals surface area (Å²) in [7, 11) is 0. The first kappa shape index (κ1) is 18.3. The van der Waals surface area contributed by atoms with Gasteiger partial charge in [-0.05, 0) is 11.5 Å². The molecule has 1 atom stereocenters. The molecule has 6 nitrogen and oxygen atoms in total. The van der Waals surface area contributed by atoms with Crippen LogP contribution < -0.4 is 10.6 Å². The van der Waals surface area contributed by atoms with E-state index in [4.69, 9.17) is 0 Å². The molecule has 0 aliphatic heterocycles. The van der Waals surface area contributed by atoms with Crippen LogP contribution in [0, 0.1) is 5.92 Å². The van der Waals surface area contributed by atoms with Crippen LogP contribution in [-0.4, -0.2) is 27.8 Å². The van der Waals surface area contributed by atoms with Gasteiger partial charge in [0.2, 0.25) is 5.91 Å². The fourth-order valence-corrected chi connectivity index (χ4v) is 2.13. The van der Waals surface area contributed by atoms with Crippen molar-refractivity contribution in [1.82, 2.24) is 20.6 Å². The van der Waals surface area contributed by atoms with E-state index in [0.29, 0.717) is 12.3 Å². The maximum Gasteiger partial charge on any atom is 0.272 e. The van der Waals surface area contributed by atoms with E-state index in [2.05, 4.69) is 20.6 Å². The van der Waals surface area contributed by atoms with Crippen molar-refractivity contribution in [3.63, 3.8) is 0 Å². The van der Waals surface area contributed by atoms with E-state index in [1.54, 1.807) is 6.20 Å². The molecule has 0 spiro atoms. The Kier molecular flexibility index (Phi) is 6.83. The Morgan fingerprint density at radius 1 is 1.16 bits per heavy atom. The molecule has 0 radical (unpaired) electrons. The third kappa shape index (κ3) is 6.18. The second-order valence-electron chi connectivity index (χ2n) is 5.92. The van der Waals surface area contributed by atoms with Crippen molar-refractivity contribution in [2.75, 3.05) is 0 Å². The van der Waals surface area contributed by atoms with Crippen LogP contribution in [0.3, 0.4) is 0 Å². The first-order valence-corrected chi connectivity index (χ1v) is 8.14. The maximum atomic E-state index is 12.5. The predicted octanol–water partition coefficient (Wildman–Crippen LogP) is 2.10. The smallest absolute Gasteiger partial charge is 0.272 e. The summed E-state index contributed by atoms with van der Waals surface area (Å²) in [6, 6.07) is 8.81. The molecule has 0 aliphatic carbocycles. The van der Waals surface area contributed by atoms with E-state index in [1.807, 2.05) is 50.3 Å². The number of carbonyl (C=O) groups excluding carboxylic acids is 2. The van der Waals surface area contributed by atoms with E-state index in [0.717, 1.165) is 5.56 Å². The van der Waals surface area contributed by atoms with Crippen molar-refractivity contribution in [3.05, 3.63) is 72.5 Å². The zero-order chi connectivity index (χ0) is 18.1. The standard InChI is InChI=1S/C19H22N4O2/c1-14(2)8-9-22-18(24)16(12-15-6-4-3-5-7-15)23-19(25)17-13-20-10-11-21-17/h3-11,13-14,16H,12H2,1-2H3,(H,22,24)(H,23,25)/b9-8+/t16-/m0/s1. The third-order valence-corrected chi connectivity index (χ3v) is 3.41. The average Bonchev–Trinajstić information content (AvgIpc) is 2.62. The summed E-state index contributed by atoms with van der Waals surface area (Å²) in [5, 5.41) is 5.45. The third-order valence-electron chi connectivity index (χ3n) is 3.41. The second kappa shape index (κ2) is 9.32. The van der Waals surface area contributed by atoms with Crippen molar-refractivity contribution < 1.29 is 9.59 Å². The topological polar surface area (TPSA) is 84.0 Å². The van der Waals surface area contributed by atoms with Crippen molar-refractivity contribution in [1.29, 1.82) is 0 Å². The highest BCUT2D eigenvalue weighted by atomic mass is 16.2. The Hall–Kier alpha value is -3.02. The largest absolute Gasteiger partial charge is 0.338 e. The van der Waals surface area contributed by atoms with E-state index < -0.39 is 11.9 Å². The van der Waals surface area contributed by atoms with Gasteiger partial charge in [0.05, 0.1) is 6.20 Å². The molecule has 1 heterocycles. The van der Waals surface area contributed by atoms with Gasteiger partial charge in [0, 0.05) is 25.0 Å². The highest BCUT2D eigenvalue weighted by molar-refractivity contribution is 5.96.